The molecule has 2 radical (unpaired) electrons. The summed E-state index contributed by atoms with van der Waals surface area (Å²) in [5, 5.41) is 0. The van der Waals surface area contributed by atoms with E-state index in [1.54, 1.807) is 0 Å². The fourth-order valence-corrected chi connectivity index (χ4v) is 0. The molecule has 42 valence electrons. The summed E-state index contributed by atoms with van der Waals surface area (Å²) in [4.78, 5) is 0. The van der Waals surface area contributed by atoms with Crippen LogP contribution in [0.25, 0.3) is 0 Å². The normalized spacial score (nSPS) is 6.89. The van der Waals surface area contributed by atoms with Crippen molar-refractivity contribution >= 4 is 82.3 Å². The molecule has 0 rings (SSSR count). The second-order valence-corrected chi connectivity index (χ2v) is 1.22. The maximum absolute atomic E-state index is 8.52. The molecular formula is BaO5SSbZn+3. The van der Waals surface area contributed by atoms with E-state index >= 15 is 0 Å². The second-order valence-electron chi connectivity index (χ2n) is 0.408. The first kappa shape index (κ1) is 22.6. The molecule has 0 N–H and O–H groups in total. The minimum Gasteiger partial charge on any atom is 2.00 e. The van der Waals surface area contributed by atoms with Gasteiger partial charge in [0.25, 0.3) is 0 Å². The molecule has 9 heavy (non-hydrogen) atoms. The average molecular weight is 437 g/mol. The molecule has 0 bridgehead atoms. The first-order chi connectivity index (χ1) is 3.00. The molecule has 9 heteroatoms. The van der Waals surface area contributed by atoms with E-state index in [9.17, 15) is 0 Å². The van der Waals surface area contributed by atoms with Crippen molar-refractivity contribution in [3.63, 3.8) is 0 Å². The Morgan fingerprint density at radius 1 is 1.11 bits per heavy atom. The smallest absolute Gasteiger partial charge is 2.00 e. The van der Waals surface area contributed by atoms with Crippen molar-refractivity contribution in [2.45, 2.75) is 0 Å². The van der Waals surface area contributed by atoms with Gasteiger partial charge in [0.2, 0.25) is 0 Å². The van der Waals surface area contributed by atoms with Gasteiger partial charge in [-0.15, -0.1) is 0 Å². The van der Waals surface area contributed by atoms with E-state index in [0.29, 0.717) is 23.0 Å². The van der Waals surface area contributed by atoms with Crippen LogP contribution in [0.4, 0.5) is 0 Å². The average Bonchev–Trinajstić information content (AvgIpc) is 1.36. The third-order valence-electron chi connectivity index (χ3n) is 0. The van der Waals surface area contributed by atoms with Crippen molar-refractivity contribution in [2.75, 3.05) is 0 Å². The molecule has 5 nitrogen and oxygen atoms in total. The van der Waals surface area contributed by atoms with Gasteiger partial charge < -0.3 is 9.11 Å². The van der Waals surface area contributed by atoms with Crippen LogP contribution in [0, 0.1) is 0 Å². The SMILES string of the molecule is O=S(=O)([O-])[O-].[Ba+2].[O]=[Sb+].[Zn+2]. The summed E-state index contributed by atoms with van der Waals surface area (Å²) in [5.74, 6) is 0. The van der Waals surface area contributed by atoms with Crippen LogP contribution in [0.15, 0.2) is 0 Å². The molecule has 0 heterocycles. The topological polar surface area (TPSA) is 97.3 Å². The van der Waals surface area contributed by atoms with Crippen LogP contribution in [-0.2, 0) is 32.9 Å². The van der Waals surface area contributed by atoms with Crippen molar-refractivity contribution in [1.82, 2.24) is 0 Å². The van der Waals surface area contributed by atoms with Crippen molar-refractivity contribution in [1.29, 1.82) is 0 Å². The third-order valence-corrected chi connectivity index (χ3v) is 0. The van der Waals surface area contributed by atoms with Gasteiger partial charge in [-0.2, -0.15) is 0 Å². The Kier molecular flexibility index (Phi) is 33.3. The summed E-state index contributed by atoms with van der Waals surface area (Å²) in [6, 6.07) is 0. The Labute approximate surface area is 120 Å². The third kappa shape index (κ3) is 112. The van der Waals surface area contributed by atoms with Gasteiger partial charge in [0.1, 0.15) is 0 Å². The fourth-order valence-electron chi connectivity index (χ4n) is 0. The molecule has 0 amide bonds. The van der Waals surface area contributed by atoms with Gasteiger partial charge in [0, 0.05) is 10.4 Å². The van der Waals surface area contributed by atoms with Gasteiger partial charge in [0.05, 0.1) is 0 Å². The summed E-state index contributed by atoms with van der Waals surface area (Å²) in [7, 11) is -5.17. The van der Waals surface area contributed by atoms with E-state index in [1.165, 1.54) is 0 Å². The van der Waals surface area contributed by atoms with Crippen LogP contribution < -0.4 is 0 Å². The van der Waals surface area contributed by atoms with E-state index in [2.05, 4.69) is 0 Å². The van der Waals surface area contributed by atoms with Gasteiger partial charge in [-0.3, -0.25) is 8.42 Å². The molecule has 0 saturated heterocycles. The van der Waals surface area contributed by atoms with Gasteiger partial charge in [-0.1, -0.05) is 0 Å². The van der Waals surface area contributed by atoms with E-state index in [4.69, 9.17) is 20.5 Å². The zero-order chi connectivity index (χ0) is 6.50. The largest absolute Gasteiger partial charge is 2.00 e. The standard InChI is InChI=1S/Ba.H2O4S.O.Sb.Zn/c;1-5(2,3)4;;;/h;(H2,1,2,3,4);;;/q+2;;;+1;+2/p-2. The maximum Gasteiger partial charge on any atom is 2.00 e. The molecule has 0 saturated carbocycles. The Hall–Kier alpha value is 2.68. The van der Waals surface area contributed by atoms with Crippen molar-refractivity contribution in [3.05, 3.63) is 0 Å². The Morgan fingerprint density at radius 2 is 1.11 bits per heavy atom. The molecule has 0 aliphatic heterocycles. The van der Waals surface area contributed by atoms with Gasteiger partial charge in [-0.05, 0) is 0 Å². The number of rotatable bonds is 0. The molecule has 0 aliphatic carbocycles. The summed E-state index contributed by atoms with van der Waals surface area (Å²) < 4.78 is 42.4. The minimum absolute atomic E-state index is 0. The zero-order valence-corrected chi connectivity index (χ0v) is 15.1. The van der Waals surface area contributed by atoms with Gasteiger partial charge in [0.15, 0.2) is 0 Å². The zero-order valence-electron chi connectivity index (χ0n) is 4.31. The van der Waals surface area contributed by atoms with Crippen LogP contribution in [-0.4, -0.2) is 89.4 Å². The summed E-state index contributed by atoms with van der Waals surface area (Å²) >= 11 is 0.500. The molecule has 0 aromatic rings. The van der Waals surface area contributed by atoms with Crippen LogP contribution in [0.3, 0.4) is 0 Å². The molecule has 0 aromatic heterocycles. The Morgan fingerprint density at radius 3 is 1.11 bits per heavy atom. The van der Waals surface area contributed by atoms with Crippen LogP contribution in [0.5, 0.6) is 0 Å². The monoisotopic (exact) mass is 435 g/mol. The van der Waals surface area contributed by atoms with E-state index < -0.39 is 10.4 Å². The number of hydrogen-bond acceptors (Lipinski definition) is 5. The van der Waals surface area contributed by atoms with Crippen molar-refractivity contribution in [2.24, 2.45) is 0 Å². The molecule has 0 fully saturated rings. The van der Waals surface area contributed by atoms with E-state index in [-0.39, 0.29) is 68.4 Å². The maximum atomic E-state index is 8.52. The fraction of sp³-hybridized carbons (Fsp3) is 0. The molecule has 0 aliphatic rings. The molecule has 0 unspecified atom stereocenters. The minimum atomic E-state index is -5.17. The van der Waals surface area contributed by atoms with Gasteiger partial charge >= 0.3 is 94.4 Å². The van der Waals surface area contributed by atoms with Crippen LogP contribution >= 0.6 is 0 Å². The molecule has 0 atom stereocenters. The first-order valence-electron chi connectivity index (χ1n) is 0.849. The summed E-state index contributed by atoms with van der Waals surface area (Å²) in [6.45, 7) is 0. The van der Waals surface area contributed by atoms with Crippen molar-refractivity contribution in [3.8, 4) is 0 Å². The van der Waals surface area contributed by atoms with E-state index in [0.717, 1.165) is 0 Å². The summed E-state index contributed by atoms with van der Waals surface area (Å²) in [5.41, 5.74) is 0. The van der Waals surface area contributed by atoms with E-state index in [1.807, 2.05) is 0 Å². The first-order valence-corrected chi connectivity index (χ1v) is 3.22. The predicted molar refractivity (Wildman–Crippen MR) is 22.7 cm³/mol. The molecule has 0 aromatic carbocycles. The second kappa shape index (κ2) is 13.3. The summed E-state index contributed by atoms with van der Waals surface area (Å²) in [6.07, 6.45) is 0. The Balaban J connectivity index is -0.0000000286. The Bertz CT molecular complexity index is 111. The predicted octanol–water partition coefficient (Wildman–Crippen LogP) is -2.22. The van der Waals surface area contributed by atoms with Crippen LogP contribution in [0.2, 0.25) is 0 Å². The molecule has 0 spiro atoms. The number of hydrogen-bond donors (Lipinski definition) is 0. The van der Waals surface area contributed by atoms with Gasteiger partial charge in [-0.25, -0.2) is 0 Å². The van der Waals surface area contributed by atoms with Crippen molar-refractivity contribution < 1.29 is 40.0 Å². The van der Waals surface area contributed by atoms with Crippen LogP contribution in [0.1, 0.15) is 0 Å². The quantitative estimate of drug-likeness (QED) is 0.243. The molecular weight excluding hydrogens is 437 g/mol.